The average Bonchev–Trinajstić information content (AvgIpc) is 3.32. The average molecular weight is 799 g/mol. The van der Waals surface area contributed by atoms with Gasteiger partial charge in [0.1, 0.15) is 0 Å². The fourth-order valence-electron chi connectivity index (χ4n) is 8.70. The third kappa shape index (κ3) is 7.35. The highest BCUT2D eigenvalue weighted by Gasteiger charge is 2.29. The number of fused-ring (bicyclic) bond motifs is 6. The smallest absolute Gasteiger partial charge is 0.0797 e. The zero-order valence-corrected chi connectivity index (χ0v) is 34.6. The molecule has 0 radical (unpaired) electrons. The van der Waals surface area contributed by atoms with E-state index < -0.39 is 0 Å². The second-order valence-corrected chi connectivity index (χ2v) is 16.2. The number of benzene rings is 8. The van der Waals surface area contributed by atoms with Gasteiger partial charge in [-0.05, 0) is 91.6 Å². The summed E-state index contributed by atoms with van der Waals surface area (Å²) in [5, 5.41) is 3.41. The first-order valence-corrected chi connectivity index (χ1v) is 21.2. The molecule has 1 unspecified atom stereocenters. The number of hydrogen-bond acceptors (Lipinski definition) is 3. The molecule has 0 spiro atoms. The van der Waals surface area contributed by atoms with E-state index >= 15 is 0 Å². The van der Waals surface area contributed by atoms with Gasteiger partial charge in [-0.3, -0.25) is 0 Å². The molecule has 61 heavy (non-hydrogen) atoms. The predicted octanol–water partition coefficient (Wildman–Crippen LogP) is 15.3. The molecule has 1 atom stereocenters. The van der Waals surface area contributed by atoms with Crippen LogP contribution in [0.3, 0.4) is 0 Å². The predicted molar refractivity (Wildman–Crippen MR) is 263 cm³/mol. The van der Waals surface area contributed by atoms with E-state index in [1.54, 1.807) is 0 Å². The Kier molecular flexibility index (Phi) is 10.2. The van der Waals surface area contributed by atoms with Crippen molar-refractivity contribution in [1.82, 2.24) is 4.98 Å². The van der Waals surface area contributed by atoms with Gasteiger partial charge in [-0.2, -0.15) is 12.6 Å². The van der Waals surface area contributed by atoms with Crippen molar-refractivity contribution in [3.05, 3.63) is 247 Å². The lowest BCUT2D eigenvalue weighted by Crippen LogP contribution is -2.11. The Labute approximate surface area is 363 Å². The van der Waals surface area contributed by atoms with Crippen LogP contribution in [0.5, 0.6) is 0 Å². The molecule has 1 aliphatic rings. The van der Waals surface area contributed by atoms with Crippen molar-refractivity contribution >= 4 is 51.3 Å². The van der Waals surface area contributed by atoms with E-state index in [9.17, 15) is 0 Å². The van der Waals surface area contributed by atoms with Crippen LogP contribution in [-0.4, -0.2) is 10.7 Å². The molecule has 1 heterocycles. The van der Waals surface area contributed by atoms with Crippen LogP contribution < -0.4 is 0 Å². The Morgan fingerprint density at radius 3 is 1.85 bits per heavy atom. The van der Waals surface area contributed by atoms with Crippen molar-refractivity contribution < 1.29 is 0 Å². The summed E-state index contributed by atoms with van der Waals surface area (Å²) in [5.41, 5.74) is 17.9. The van der Waals surface area contributed by atoms with E-state index in [2.05, 4.69) is 201 Å². The molecule has 0 amide bonds. The molecule has 1 aromatic heterocycles. The summed E-state index contributed by atoms with van der Waals surface area (Å²) in [6.07, 6.45) is 4.76. The normalized spacial score (nSPS) is 13.8. The summed E-state index contributed by atoms with van der Waals surface area (Å²) in [7, 11) is 0. The Hall–Kier alpha value is -7.33. The fourth-order valence-corrected chi connectivity index (χ4v) is 9.17. The summed E-state index contributed by atoms with van der Waals surface area (Å²) in [6.45, 7) is 8.84. The third-order valence-corrected chi connectivity index (χ3v) is 12.2. The Morgan fingerprint density at radius 2 is 1.15 bits per heavy atom. The van der Waals surface area contributed by atoms with Crippen LogP contribution in [0.4, 0.5) is 0 Å². The van der Waals surface area contributed by atoms with E-state index in [4.69, 9.17) is 22.6 Å². The quantitative estimate of drug-likeness (QED) is 0.0878. The van der Waals surface area contributed by atoms with Crippen LogP contribution in [0.15, 0.2) is 224 Å². The number of aromatic nitrogens is 1. The van der Waals surface area contributed by atoms with Crippen LogP contribution in [0.25, 0.3) is 77.6 Å². The summed E-state index contributed by atoms with van der Waals surface area (Å²) in [6, 6.07) is 68.3. The molecule has 290 valence electrons. The maximum absolute atomic E-state index is 5.49. The van der Waals surface area contributed by atoms with Crippen LogP contribution >= 0.6 is 12.6 Å². The maximum Gasteiger partial charge on any atom is 0.0797 e. The highest BCUT2D eigenvalue weighted by molar-refractivity contribution is 7.80. The fraction of sp³-hybridized carbons (Fsp3) is 0.0345. The number of aliphatic imine (C=N–C) groups is 1. The lowest BCUT2D eigenvalue weighted by Gasteiger charge is -2.28. The lowest BCUT2D eigenvalue weighted by atomic mass is 9.80. The molecule has 0 saturated carbocycles. The molecular weight excluding hydrogens is 757 g/mol. The highest BCUT2D eigenvalue weighted by Crippen LogP contribution is 2.49. The molecule has 0 fully saturated rings. The minimum atomic E-state index is -0.0290. The molecule has 10 rings (SSSR count). The minimum absolute atomic E-state index is 0.0290. The lowest BCUT2D eigenvalue weighted by molar-refractivity contribution is 0.929. The standard InChI is InChI=1S/C58H42N2S/c1-3-52(59-54(45-31-29-43(30-32-45)41-17-8-5-9-18-41)35-38(2)39-25-27-42(28-26-39)40-15-6-4-7-16-40)47-33-34-53-51(36-47)56-55(61)37-46-20-11-13-23-49(46)57(56)58(60-53)50-24-14-21-44-19-10-12-22-48(44)50/h3-36,55,61H,1-2,37H2/b54-35-,59-52+. The van der Waals surface area contributed by atoms with Crippen molar-refractivity contribution in [2.45, 2.75) is 11.7 Å². The molecule has 2 nitrogen and oxygen atoms in total. The first kappa shape index (κ1) is 37.9. The summed E-state index contributed by atoms with van der Waals surface area (Å²) >= 11 is 5.32. The van der Waals surface area contributed by atoms with Crippen LogP contribution in [-0.2, 0) is 6.42 Å². The molecule has 0 N–H and O–H groups in total. The van der Waals surface area contributed by atoms with Crippen molar-refractivity contribution in [1.29, 1.82) is 0 Å². The summed E-state index contributed by atoms with van der Waals surface area (Å²) in [4.78, 5) is 10.9. The summed E-state index contributed by atoms with van der Waals surface area (Å²) < 4.78 is 0. The van der Waals surface area contributed by atoms with Gasteiger partial charge < -0.3 is 0 Å². The van der Waals surface area contributed by atoms with E-state index in [1.807, 2.05) is 18.2 Å². The van der Waals surface area contributed by atoms with Gasteiger partial charge in [0.25, 0.3) is 0 Å². The second kappa shape index (κ2) is 16.4. The van der Waals surface area contributed by atoms with Gasteiger partial charge >= 0.3 is 0 Å². The van der Waals surface area contributed by atoms with Crippen molar-refractivity contribution in [3.63, 3.8) is 0 Å². The van der Waals surface area contributed by atoms with Gasteiger partial charge in [0.2, 0.25) is 0 Å². The number of nitrogens with zero attached hydrogens (tertiary/aromatic N) is 2. The van der Waals surface area contributed by atoms with Crippen LogP contribution in [0, 0.1) is 0 Å². The molecule has 0 aliphatic heterocycles. The summed E-state index contributed by atoms with van der Waals surface area (Å²) in [5.74, 6) is 0. The van der Waals surface area contributed by atoms with E-state index in [1.165, 1.54) is 38.6 Å². The molecule has 1 aliphatic carbocycles. The maximum atomic E-state index is 5.49. The zero-order chi connectivity index (χ0) is 41.3. The number of thiol groups is 1. The second-order valence-electron chi connectivity index (χ2n) is 15.5. The van der Waals surface area contributed by atoms with Crippen molar-refractivity contribution in [2.24, 2.45) is 4.99 Å². The zero-order valence-electron chi connectivity index (χ0n) is 33.7. The number of pyridine rings is 1. The molecule has 3 heteroatoms. The van der Waals surface area contributed by atoms with Gasteiger partial charge in [-0.1, -0.05) is 195 Å². The number of rotatable bonds is 9. The monoisotopic (exact) mass is 798 g/mol. The third-order valence-electron chi connectivity index (χ3n) is 11.8. The van der Waals surface area contributed by atoms with Gasteiger partial charge in [0.15, 0.2) is 0 Å². The SMILES string of the molecule is C=C/C(=N\C(=C/C(=C)c1ccc(-c2ccccc2)cc1)c1ccc(-c2ccccc2)cc1)c1ccc2nc(-c3cccc4ccccc34)c3c(c2c1)C(S)Cc1ccccc1-3. The Bertz CT molecular complexity index is 3170. The molecule has 0 saturated heterocycles. The highest BCUT2D eigenvalue weighted by atomic mass is 32.1. The molecule has 8 aromatic carbocycles. The van der Waals surface area contributed by atoms with E-state index in [-0.39, 0.29) is 5.25 Å². The largest absolute Gasteiger partial charge is 0.248 e. The van der Waals surface area contributed by atoms with Crippen molar-refractivity contribution in [3.8, 4) is 44.6 Å². The van der Waals surface area contributed by atoms with Gasteiger partial charge in [-0.15, -0.1) is 0 Å². The van der Waals surface area contributed by atoms with E-state index in [0.717, 1.165) is 78.9 Å². The first-order chi connectivity index (χ1) is 30.0. The minimum Gasteiger partial charge on any atom is -0.248 e. The molecular formula is C58H42N2S. The molecule has 9 aromatic rings. The molecule has 0 bridgehead atoms. The number of allylic oxidation sites excluding steroid dienone is 3. The van der Waals surface area contributed by atoms with Crippen molar-refractivity contribution in [2.75, 3.05) is 0 Å². The Balaban J connectivity index is 1.11. The van der Waals surface area contributed by atoms with Gasteiger partial charge in [-0.25, -0.2) is 9.98 Å². The van der Waals surface area contributed by atoms with E-state index in [0.29, 0.717) is 0 Å². The van der Waals surface area contributed by atoms with Crippen LogP contribution in [0.2, 0.25) is 0 Å². The topological polar surface area (TPSA) is 25.2 Å². The van der Waals surface area contributed by atoms with Crippen LogP contribution in [0.1, 0.15) is 33.1 Å². The Morgan fingerprint density at radius 1 is 0.574 bits per heavy atom. The van der Waals surface area contributed by atoms with Gasteiger partial charge in [0, 0.05) is 32.9 Å². The van der Waals surface area contributed by atoms with Gasteiger partial charge in [0.05, 0.1) is 22.6 Å². The first-order valence-electron chi connectivity index (χ1n) is 20.7. The number of hydrogen-bond donors (Lipinski definition) is 1.